The Morgan fingerprint density at radius 1 is 1.44 bits per heavy atom. The summed E-state index contributed by atoms with van der Waals surface area (Å²) in [5.74, 6) is 0. The molecular weight excluding hydrogens is 226 g/mol. The van der Waals surface area contributed by atoms with E-state index in [-0.39, 0.29) is 0 Å². The summed E-state index contributed by atoms with van der Waals surface area (Å²) >= 11 is 0. The Bertz CT molecular complexity index is 316. The van der Waals surface area contributed by atoms with Gasteiger partial charge in [0.05, 0.1) is 0 Å². The number of piperidine rings is 1. The highest BCUT2D eigenvalue weighted by molar-refractivity contribution is 5.71. The zero-order valence-electron chi connectivity index (χ0n) is 11.1. The van der Waals surface area contributed by atoms with Crippen LogP contribution in [0.2, 0.25) is 0 Å². The van der Waals surface area contributed by atoms with Gasteiger partial charge in [0, 0.05) is 18.0 Å². The second-order valence-corrected chi connectivity index (χ2v) is 5.57. The third kappa shape index (κ3) is 3.25. The van der Waals surface area contributed by atoms with E-state index in [9.17, 15) is 4.79 Å². The average Bonchev–Trinajstić information content (AvgIpc) is 2.37. The van der Waals surface area contributed by atoms with Crippen molar-refractivity contribution >= 4 is 6.03 Å². The third-order valence-electron chi connectivity index (χ3n) is 4.34. The van der Waals surface area contributed by atoms with Gasteiger partial charge >= 0.3 is 6.03 Å². The highest BCUT2D eigenvalue weighted by Crippen LogP contribution is 2.42. The lowest BCUT2D eigenvalue weighted by molar-refractivity contribution is 0.158. The minimum absolute atomic E-state index is 0.378. The molecule has 2 aliphatic rings. The Morgan fingerprint density at radius 3 is 3.00 bits per heavy atom. The molecule has 2 rings (SSSR count). The molecule has 2 amide bonds. The van der Waals surface area contributed by atoms with E-state index in [0.717, 1.165) is 19.4 Å². The number of urea groups is 1. The van der Waals surface area contributed by atoms with Crippen LogP contribution in [0.25, 0.3) is 0 Å². The van der Waals surface area contributed by atoms with Crippen molar-refractivity contribution in [2.24, 2.45) is 11.1 Å². The van der Waals surface area contributed by atoms with Crippen molar-refractivity contribution in [1.82, 2.24) is 10.6 Å². The maximum absolute atomic E-state index is 10.6. The van der Waals surface area contributed by atoms with Gasteiger partial charge in [-0.3, -0.25) is 0 Å². The molecule has 0 bridgehead atoms. The SMILES string of the molecule is NC(=O)NCCCC1NCCCC12C=CCCC2. The van der Waals surface area contributed by atoms with E-state index in [2.05, 4.69) is 22.8 Å². The molecule has 2 atom stereocenters. The van der Waals surface area contributed by atoms with Crippen LogP contribution in [0, 0.1) is 5.41 Å². The number of nitrogens with one attached hydrogen (secondary N) is 2. The van der Waals surface area contributed by atoms with E-state index in [1.165, 1.54) is 32.1 Å². The molecule has 1 aliphatic heterocycles. The Labute approximate surface area is 109 Å². The van der Waals surface area contributed by atoms with Gasteiger partial charge in [-0.1, -0.05) is 12.2 Å². The molecule has 4 heteroatoms. The lowest BCUT2D eigenvalue weighted by atomic mass is 9.67. The monoisotopic (exact) mass is 251 g/mol. The number of allylic oxidation sites excluding steroid dienone is 1. The van der Waals surface area contributed by atoms with Crippen molar-refractivity contribution in [2.45, 2.75) is 51.0 Å². The zero-order chi connectivity index (χ0) is 12.8. The maximum atomic E-state index is 10.6. The van der Waals surface area contributed by atoms with Crippen LogP contribution in [-0.2, 0) is 0 Å². The minimum atomic E-state index is -0.418. The van der Waals surface area contributed by atoms with E-state index in [0.29, 0.717) is 18.0 Å². The molecule has 2 unspecified atom stereocenters. The van der Waals surface area contributed by atoms with E-state index in [1.807, 2.05) is 0 Å². The van der Waals surface area contributed by atoms with Gasteiger partial charge in [-0.2, -0.15) is 0 Å². The number of carbonyl (C=O) groups is 1. The molecule has 18 heavy (non-hydrogen) atoms. The Morgan fingerprint density at radius 2 is 2.28 bits per heavy atom. The van der Waals surface area contributed by atoms with Gasteiger partial charge in [-0.15, -0.1) is 0 Å². The number of nitrogens with two attached hydrogens (primary N) is 1. The normalized spacial score (nSPS) is 31.4. The van der Waals surface area contributed by atoms with Crippen LogP contribution in [0.5, 0.6) is 0 Å². The van der Waals surface area contributed by atoms with E-state index in [4.69, 9.17) is 5.73 Å². The summed E-state index contributed by atoms with van der Waals surface area (Å²) in [6.07, 6.45) is 13.4. The molecule has 4 N–H and O–H groups in total. The van der Waals surface area contributed by atoms with Crippen LogP contribution in [-0.4, -0.2) is 25.2 Å². The molecule has 102 valence electrons. The average molecular weight is 251 g/mol. The first-order valence-electron chi connectivity index (χ1n) is 7.17. The van der Waals surface area contributed by atoms with Gasteiger partial charge in [-0.25, -0.2) is 4.79 Å². The van der Waals surface area contributed by atoms with Crippen molar-refractivity contribution in [1.29, 1.82) is 0 Å². The molecule has 0 radical (unpaired) electrons. The first kappa shape index (κ1) is 13.4. The summed E-state index contributed by atoms with van der Waals surface area (Å²) in [6, 6.07) is 0.149. The van der Waals surface area contributed by atoms with Crippen LogP contribution in [0.1, 0.15) is 44.9 Å². The number of hydrogen-bond donors (Lipinski definition) is 3. The van der Waals surface area contributed by atoms with Gasteiger partial charge in [0.15, 0.2) is 0 Å². The highest BCUT2D eigenvalue weighted by Gasteiger charge is 2.38. The van der Waals surface area contributed by atoms with Crippen LogP contribution in [0.4, 0.5) is 4.79 Å². The van der Waals surface area contributed by atoms with Gasteiger partial charge in [0.25, 0.3) is 0 Å². The minimum Gasteiger partial charge on any atom is -0.352 e. The molecule has 0 saturated carbocycles. The molecule has 0 aromatic heterocycles. The van der Waals surface area contributed by atoms with Crippen molar-refractivity contribution in [2.75, 3.05) is 13.1 Å². The molecule has 0 aromatic carbocycles. The zero-order valence-corrected chi connectivity index (χ0v) is 11.1. The van der Waals surface area contributed by atoms with E-state index in [1.54, 1.807) is 0 Å². The highest BCUT2D eigenvalue weighted by atomic mass is 16.2. The van der Waals surface area contributed by atoms with Gasteiger partial charge < -0.3 is 16.4 Å². The predicted molar refractivity (Wildman–Crippen MR) is 73.3 cm³/mol. The second-order valence-electron chi connectivity index (χ2n) is 5.57. The van der Waals surface area contributed by atoms with Gasteiger partial charge in [-0.05, 0) is 51.5 Å². The molecule has 1 heterocycles. The smallest absolute Gasteiger partial charge is 0.312 e. The molecule has 1 fully saturated rings. The van der Waals surface area contributed by atoms with Gasteiger partial charge in [0.1, 0.15) is 0 Å². The molecule has 1 saturated heterocycles. The van der Waals surface area contributed by atoms with E-state index >= 15 is 0 Å². The van der Waals surface area contributed by atoms with Crippen molar-refractivity contribution in [3.63, 3.8) is 0 Å². The van der Waals surface area contributed by atoms with Crippen LogP contribution >= 0.6 is 0 Å². The third-order valence-corrected chi connectivity index (χ3v) is 4.34. The summed E-state index contributed by atoms with van der Waals surface area (Å²) in [5, 5.41) is 6.34. The molecule has 4 nitrogen and oxygen atoms in total. The fourth-order valence-corrected chi connectivity index (χ4v) is 3.43. The molecule has 1 spiro atoms. The standard InChI is InChI=1S/C14H25N3O/c15-13(18)17-10-4-6-12-14(9-5-11-16-12)7-2-1-3-8-14/h2,7,12,16H,1,3-6,8-11H2,(H3,15,17,18). The molecule has 0 aromatic rings. The number of carbonyl (C=O) groups excluding carboxylic acids is 1. The maximum Gasteiger partial charge on any atom is 0.312 e. The Balaban J connectivity index is 1.86. The Hall–Kier alpha value is -1.03. The van der Waals surface area contributed by atoms with Crippen molar-refractivity contribution in [3.05, 3.63) is 12.2 Å². The molecular formula is C14H25N3O. The quantitative estimate of drug-likeness (QED) is 0.528. The van der Waals surface area contributed by atoms with Crippen LogP contribution in [0.3, 0.4) is 0 Å². The van der Waals surface area contributed by atoms with Crippen LogP contribution < -0.4 is 16.4 Å². The summed E-state index contributed by atoms with van der Waals surface area (Å²) in [5.41, 5.74) is 5.45. The number of amides is 2. The second kappa shape index (κ2) is 6.23. The summed E-state index contributed by atoms with van der Waals surface area (Å²) < 4.78 is 0. The number of hydrogen-bond acceptors (Lipinski definition) is 2. The van der Waals surface area contributed by atoms with Crippen molar-refractivity contribution in [3.8, 4) is 0 Å². The fraction of sp³-hybridized carbons (Fsp3) is 0.786. The topological polar surface area (TPSA) is 67.2 Å². The van der Waals surface area contributed by atoms with Crippen molar-refractivity contribution < 1.29 is 4.79 Å². The lowest BCUT2D eigenvalue weighted by Crippen LogP contribution is -2.49. The fourth-order valence-electron chi connectivity index (χ4n) is 3.43. The van der Waals surface area contributed by atoms with E-state index < -0.39 is 6.03 Å². The van der Waals surface area contributed by atoms with Gasteiger partial charge in [0.2, 0.25) is 0 Å². The van der Waals surface area contributed by atoms with Crippen LogP contribution in [0.15, 0.2) is 12.2 Å². The number of rotatable bonds is 4. The lowest BCUT2D eigenvalue weighted by Gasteiger charge is -2.45. The Kier molecular flexibility index (Phi) is 4.64. The first-order chi connectivity index (χ1) is 8.73. The summed E-state index contributed by atoms with van der Waals surface area (Å²) in [7, 11) is 0. The first-order valence-corrected chi connectivity index (χ1v) is 7.17. The largest absolute Gasteiger partial charge is 0.352 e. The summed E-state index contributed by atoms with van der Waals surface area (Å²) in [4.78, 5) is 10.6. The number of primary amides is 1. The summed E-state index contributed by atoms with van der Waals surface area (Å²) in [6.45, 7) is 1.82. The predicted octanol–water partition coefficient (Wildman–Crippen LogP) is 1.91. The molecule has 1 aliphatic carbocycles.